The lowest BCUT2D eigenvalue weighted by Crippen LogP contribution is -2.44. The number of hydrogen-bond acceptors (Lipinski definition) is 4. The molecule has 36 heavy (non-hydrogen) atoms. The first-order valence-electron chi connectivity index (χ1n) is 12.4. The third-order valence-electron chi connectivity index (χ3n) is 7.14. The molecule has 6 rings (SSSR count). The molecule has 1 amide bonds. The number of H-pyrrole nitrogens is 1. The summed E-state index contributed by atoms with van der Waals surface area (Å²) in [5.41, 5.74) is 4.08. The van der Waals surface area contributed by atoms with Crippen LogP contribution in [0.5, 0.6) is 0 Å². The van der Waals surface area contributed by atoms with Crippen molar-refractivity contribution in [1.29, 1.82) is 0 Å². The van der Waals surface area contributed by atoms with Crippen LogP contribution in [0, 0.1) is 18.7 Å². The van der Waals surface area contributed by atoms with Crippen LogP contribution in [-0.2, 0) is 6.54 Å². The monoisotopic (exact) mass is 482 g/mol. The zero-order valence-electron chi connectivity index (χ0n) is 20.1. The van der Waals surface area contributed by atoms with Gasteiger partial charge in [-0.15, -0.1) is 0 Å². The molecule has 3 aromatic heterocycles. The first-order valence-corrected chi connectivity index (χ1v) is 12.4. The Balaban J connectivity index is 1.29. The summed E-state index contributed by atoms with van der Waals surface area (Å²) >= 11 is 0. The number of aromatic nitrogens is 5. The van der Waals surface area contributed by atoms with E-state index >= 15 is 0 Å². The summed E-state index contributed by atoms with van der Waals surface area (Å²) in [6, 6.07) is 14.3. The highest BCUT2D eigenvalue weighted by molar-refractivity contribution is 6.08. The van der Waals surface area contributed by atoms with Gasteiger partial charge in [-0.25, -0.2) is 4.39 Å². The van der Waals surface area contributed by atoms with E-state index < -0.39 is 0 Å². The van der Waals surface area contributed by atoms with Gasteiger partial charge in [-0.3, -0.25) is 19.6 Å². The van der Waals surface area contributed by atoms with Gasteiger partial charge < -0.3 is 4.90 Å². The van der Waals surface area contributed by atoms with Crippen molar-refractivity contribution in [3.05, 3.63) is 84.2 Å². The van der Waals surface area contributed by atoms with Gasteiger partial charge in [0.25, 0.3) is 5.91 Å². The van der Waals surface area contributed by atoms with Crippen molar-refractivity contribution in [3.63, 3.8) is 0 Å². The van der Waals surface area contributed by atoms with Crippen LogP contribution in [0.2, 0.25) is 0 Å². The van der Waals surface area contributed by atoms with Crippen LogP contribution in [0.1, 0.15) is 41.7 Å². The van der Waals surface area contributed by atoms with Crippen molar-refractivity contribution >= 4 is 33.4 Å². The van der Waals surface area contributed by atoms with Crippen molar-refractivity contribution in [3.8, 4) is 0 Å². The number of rotatable bonds is 5. The van der Waals surface area contributed by atoms with Gasteiger partial charge in [0.2, 0.25) is 0 Å². The molecule has 3 heterocycles. The molecule has 7 nitrogen and oxygen atoms in total. The minimum absolute atomic E-state index is 0.0188. The number of nitrogens with one attached hydrogen (secondary N) is 1. The first kappa shape index (κ1) is 22.4. The molecule has 2 aromatic carbocycles. The normalized spacial score (nSPS) is 18.1. The summed E-state index contributed by atoms with van der Waals surface area (Å²) in [5, 5.41) is 13.4. The van der Waals surface area contributed by atoms with Gasteiger partial charge in [0.1, 0.15) is 5.82 Å². The fraction of sp³-hybridized carbons (Fsp3) is 0.286. The Labute approximate surface area is 207 Å². The average molecular weight is 483 g/mol. The highest BCUT2D eigenvalue weighted by Crippen LogP contribution is 2.33. The van der Waals surface area contributed by atoms with Crippen molar-refractivity contribution in [2.75, 3.05) is 4.90 Å². The maximum Gasteiger partial charge on any atom is 0.258 e. The molecular weight excluding hydrogens is 455 g/mol. The second-order valence-corrected chi connectivity index (χ2v) is 9.74. The standard InChI is InChI=1S/C28H27FN6O/c1-18-11-25(9-10-30-18)35(28(36)20-5-7-26-21(13-20)15-31-32-26)24-4-2-3-19(12-24)16-34-17-22-14-23(29)6-8-27(22)33-34/h5-11,13-15,17,19,24H,2-4,12,16H2,1H3,(H,31,32). The molecule has 0 radical (unpaired) electrons. The van der Waals surface area contributed by atoms with Gasteiger partial charge in [0.05, 0.1) is 17.2 Å². The van der Waals surface area contributed by atoms with E-state index in [-0.39, 0.29) is 17.8 Å². The minimum atomic E-state index is -0.254. The number of fused-ring (bicyclic) bond motifs is 2. The van der Waals surface area contributed by atoms with Crippen molar-refractivity contribution < 1.29 is 9.18 Å². The van der Waals surface area contributed by atoms with Crippen molar-refractivity contribution in [1.82, 2.24) is 25.0 Å². The highest BCUT2D eigenvalue weighted by atomic mass is 19.1. The molecule has 0 saturated heterocycles. The summed E-state index contributed by atoms with van der Waals surface area (Å²) in [7, 11) is 0. The smallest absolute Gasteiger partial charge is 0.258 e. The third-order valence-corrected chi connectivity index (χ3v) is 7.14. The van der Waals surface area contributed by atoms with Crippen LogP contribution in [-0.4, -0.2) is 36.9 Å². The Bertz CT molecular complexity index is 1560. The Morgan fingerprint density at radius 3 is 2.94 bits per heavy atom. The second-order valence-electron chi connectivity index (χ2n) is 9.74. The molecule has 5 aromatic rings. The molecule has 0 bridgehead atoms. The number of amides is 1. The molecule has 2 unspecified atom stereocenters. The number of nitrogens with zero attached hydrogens (tertiary/aromatic N) is 5. The number of pyridine rings is 1. The topological polar surface area (TPSA) is 79.7 Å². The minimum Gasteiger partial charge on any atom is -0.305 e. The van der Waals surface area contributed by atoms with E-state index in [0.29, 0.717) is 11.5 Å². The van der Waals surface area contributed by atoms with Crippen LogP contribution in [0.3, 0.4) is 0 Å². The molecule has 2 atom stereocenters. The SMILES string of the molecule is Cc1cc(N(C(=O)c2ccc3[nH]ncc3c2)C2CCCC(Cn3cc4cc(F)ccc4n3)C2)ccn1. The number of aromatic amines is 1. The Morgan fingerprint density at radius 2 is 2.06 bits per heavy atom. The fourth-order valence-corrected chi connectivity index (χ4v) is 5.46. The van der Waals surface area contributed by atoms with Gasteiger partial charge in [0.15, 0.2) is 0 Å². The third kappa shape index (κ3) is 4.34. The lowest BCUT2D eigenvalue weighted by molar-refractivity contribution is 0.0964. The van der Waals surface area contributed by atoms with E-state index in [1.54, 1.807) is 18.5 Å². The molecule has 1 N–H and O–H groups in total. The summed E-state index contributed by atoms with van der Waals surface area (Å²) in [6.07, 6.45) is 9.31. The van der Waals surface area contributed by atoms with Crippen LogP contribution >= 0.6 is 0 Å². The van der Waals surface area contributed by atoms with E-state index in [4.69, 9.17) is 0 Å². The molecule has 8 heteroatoms. The Morgan fingerprint density at radius 1 is 1.14 bits per heavy atom. The summed E-state index contributed by atoms with van der Waals surface area (Å²) in [5.74, 6) is 0.0855. The van der Waals surface area contributed by atoms with Crippen LogP contribution in [0.25, 0.3) is 21.8 Å². The molecule has 1 saturated carbocycles. The second kappa shape index (κ2) is 9.18. The van der Waals surface area contributed by atoms with E-state index in [0.717, 1.165) is 65.4 Å². The fourth-order valence-electron chi connectivity index (χ4n) is 5.46. The molecule has 0 aliphatic heterocycles. The number of halogens is 1. The lowest BCUT2D eigenvalue weighted by Gasteiger charge is -2.38. The summed E-state index contributed by atoms with van der Waals surface area (Å²) in [4.78, 5) is 20.3. The maximum absolute atomic E-state index is 14.0. The molecule has 0 spiro atoms. The summed E-state index contributed by atoms with van der Waals surface area (Å²) < 4.78 is 15.6. The number of benzene rings is 2. The van der Waals surface area contributed by atoms with Gasteiger partial charge in [-0.1, -0.05) is 6.42 Å². The molecular formula is C28H27FN6O. The van der Waals surface area contributed by atoms with Gasteiger partial charge >= 0.3 is 0 Å². The van der Waals surface area contributed by atoms with E-state index in [1.165, 1.54) is 12.1 Å². The maximum atomic E-state index is 14.0. The number of hydrogen-bond donors (Lipinski definition) is 1. The van der Waals surface area contributed by atoms with Crippen molar-refractivity contribution in [2.45, 2.75) is 45.2 Å². The van der Waals surface area contributed by atoms with Crippen LogP contribution in [0.15, 0.2) is 67.1 Å². The number of carbonyl (C=O) groups is 1. The van der Waals surface area contributed by atoms with Crippen LogP contribution in [0.4, 0.5) is 10.1 Å². The summed E-state index contributed by atoms with van der Waals surface area (Å²) in [6.45, 7) is 2.68. The molecule has 1 aliphatic rings. The van der Waals surface area contributed by atoms with Gasteiger partial charge in [0, 0.05) is 52.7 Å². The lowest BCUT2D eigenvalue weighted by atomic mass is 9.84. The Hall–Kier alpha value is -4.07. The number of aryl methyl sites for hydroxylation is 1. The molecule has 1 fully saturated rings. The zero-order valence-corrected chi connectivity index (χ0v) is 20.1. The number of anilines is 1. The van der Waals surface area contributed by atoms with Gasteiger partial charge in [-0.05, 0) is 80.6 Å². The zero-order chi connectivity index (χ0) is 24.6. The predicted octanol–water partition coefficient (Wildman–Crippen LogP) is 5.66. The molecule has 182 valence electrons. The number of carbonyl (C=O) groups excluding carboxylic acids is 1. The van der Waals surface area contributed by atoms with E-state index in [9.17, 15) is 9.18 Å². The Kier molecular flexibility index (Phi) is 5.71. The average Bonchev–Trinajstić information content (AvgIpc) is 3.50. The first-order chi connectivity index (χ1) is 17.5. The quantitative estimate of drug-likeness (QED) is 0.351. The van der Waals surface area contributed by atoms with E-state index in [2.05, 4.69) is 20.3 Å². The van der Waals surface area contributed by atoms with Crippen molar-refractivity contribution in [2.24, 2.45) is 5.92 Å². The van der Waals surface area contributed by atoms with Gasteiger partial charge in [-0.2, -0.15) is 10.2 Å². The predicted molar refractivity (Wildman–Crippen MR) is 137 cm³/mol. The van der Waals surface area contributed by atoms with E-state index in [1.807, 2.05) is 53.0 Å². The van der Waals surface area contributed by atoms with Crippen LogP contribution < -0.4 is 4.90 Å². The largest absolute Gasteiger partial charge is 0.305 e. The highest BCUT2D eigenvalue weighted by Gasteiger charge is 2.32. The molecule has 1 aliphatic carbocycles.